The van der Waals surface area contributed by atoms with Crippen molar-refractivity contribution in [2.75, 3.05) is 22.9 Å². The summed E-state index contributed by atoms with van der Waals surface area (Å²) in [7, 11) is 0. The van der Waals surface area contributed by atoms with Gasteiger partial charge in [0.15, 0.2) is 0 Å². The molecule has 0 spiro atoms. The molecule has 1 fully saturated rings. The van der Waals surface area contributed by atoms with Gasteiger partial charge in [-0.25, -0.2) is 0 Å². The number of alkyl halides is 3. The van der Waals surface area contributed by atoms with E-state index >= 15 is 0 Å². The minimum atomic E-state index is -4.41. The van der Waals surface area contributed by atoms with Crippen molar-refractivity contribution in [2.45, 2.75) is 32.5 Å². The zero-order valence-corrected chi connectivity index (χ0v) is 17.4. The largest absolute Gasteiger partial charge is 0.416 e. The van der Waals surface area contributed by atoms with E-state index in [2.05, 4.69) is 5.32 Å². The van der Waals surface area contributed by atoms with Crippen molar-refractivity contribution in [3.63, 3.8) is 0 Å². The molecule has 1 unspecified atom stereocenters. The summed E-state index contributed by atoms with van der Waals surface area (Å²) in [6.07, 6.45) is -3.63. The van der Waals surface area contributed by atoms with Crippen molar-refractivity contribution in [1.82, 2.24) is 5.32 Å². The van der Waals surface area contributed by atoms with Gasteiger partial charge < -0.3 is 15.1 Å². The Balaban J connectivity index is 1.37. The van der Waals surface area contributed by atoms with Gasteiger partial charge >= 0.3 is 6.18 Å². The molecule has 2 heterocycles. The maximum atomic E-state index is 12.7. The van der Waals surface area contributed by atoms with Crippen LogP contribution in [0.5, 0.6) is 0 Å². The van der Waals surface area contributed by atoms with Crippen molar-refractivity contribution < 1.29 is 27.6 Å². The third-order valence-corrected chi connectivity index (χ3v) is 5.89. The number of halogens is 3. The monoisotopic (exact) mass is 445 g/mol. The summed E-state index contributed by atoms with van der Waals surface area (Å²) >= 11 is 0. The van der Waals surface area contributed by atoms with E-state index in [1.807, 2.05) is 12.1 Å². The first-order valence-electron chi connectivity index (χ1n) is 10.3. The van der Waals surface area contributed by atoms with Crippen LogP contribution in [0, 0.1) is 5.92 Å². The van der Waals surface area contributed by atoms with Crippen LogP contribution in [0.4, 0.5) is 24.5 Å². The lowest BCUT2D eigenvalue weighted by Gasteiger charge is -2.19. The van der Waals surface area contributed by atoms with Gasteiger partial charge in [-0.2, -0.15) is 13.2 Å². The van der Waals surface area contributed by atoms with E-state index in [1.54, 1.807) is 15.9 Å². The van der Waals surface area contributed by atoms with Crippen LogP contribution in [0.1, 0.15) is 30.0 Å². The number of carbonyl (C=O) groups excluding carboxylic acids is 3. The second kappa shape index (κ2) is 8.29. The molecule has 168 valence electrons. The van der Waals surface area contributed by atoms with Crippen LogP contribution in [-0.2, 0) is 33.5 Å². The van der Waals surface area contributed by atoms with Crippen LogP contribution in [0.25, 0.3) is 0 Å². The van der Waals surface area contributed by atoms with Gasteiger partial charge in [0, 0.05) is 44.4 Å². The van der Waals surface area contributed by atoms with Gasteiger partial charge in [-0.15, -0.1) is 0 Å². The Labute approximate surface area is 183 Å². The molecule has 2 aliphatic rings. The van der Waals surface area contributed by atoms with E-state index in [0.717, 1.165) is 23.4 Å². The fourth-order valence-electron chi connectivity index (χ4n) is 4.16. The molecule has 2 aromatic rings. The minimum Gasteiger partial charge on any atom is -0.352 e. The molecule has 0 aliphatic carbocycles. The third-order valence-electron chi connectivity index (χ3n) is 5.89. The summed E-state index contributed by atoms with van der Waals surface area (Å²) in [5.41, 5.74) is 2.32. The fourth-order valence-corrected chi connectivity index (χ4v) is 4.16. The predicted octanol–water partition coefficient (Wildman–Crippen LogP) is 3.28. The number of nitrogens with zero attached hydrogens (tertiary/aromatic N) is 2. The first kappa shape index (κ1) is 21.9. The highest BCUT2D eigenvalue weighted by molar-refractivity contribution is 6.01. The zero-order valence-electron chi connectivity index (χ0n) is 17.4. The molecule has 1 N–H and O–H groups in total. The number of benzene rings is 2. The second-order valence-electron chi connectivity index (χ2n) is 8.05. The first-order chi connectivity index (χ1) is 15.1. The molecule has 6 nitrogen and oxygen atoms in total. The summed E-state index contributed by atoms with van der Waals surface area (Å²) in [6, 6.07) is 10.1. The SMILES string of the molecule is CC(=O)N1CCc2cc(N3CC(C(=O)NCc4ccc(C(F)(F)F)cc4)CC3=O)ccc21. The lowest BCUT2D eigenvalue weighted by Crippen LogP contribution is -2.32. The maximum absolute atomic E-state index is 12.7. The number of carbonyl (C=O) groups is 3. The number of rotatable bonds is 4. The van der Waals surface area contributed by atoms with Crippen molar-refractivity contribution in [2.24, 2.45) is 5.92 Å². The summed E-state index contributed by atoms with van der Waals surface area (Å²) in [5, 5.41) is 2.71. The molecule has 0 aromatic heterocycles. The molecule has 2 aliphatic heterocycles. The highest BCUT2D eigenvalue weighted by Gasteiger charge is 2.36. The maximum Gasteiger partial charge on any atom is 0.416 e. The standard InChI is InChI=1S/C23H22F3N3O3/c1-14(30)28-9-8-16-10-19(6-7-20(16)28)29-13-17(11-21(29)31)22(32)27-12-15-2-4-18(5-3-15)23(24,25)26/h2-7,10,17H,8-9,11-13H2,1H3,(H,27,32). The molecule has 4 rings (SSSR count). The van der Waals surface area contributed by atoms with Crippen molar-refractivity contribution in [3.8, 4) is 0 Å². The molecule has 0 saturated carbocycles. The molecule has 1 saturated heterocycles. The van der Waals surface area contributed by atoms with E-state index in [1.165, 1.54) is 19.1 Å². The Hall–Kier alpha value is -3.36. The molecule has 0 bridgehead atoms. The number of nitrogens with one attached hydrogen (secondary N) is 1. The summed E-state index contributed by atoms with van der Waals surface area (Å²) < 4.78 is 38.0. The fraction of sp³-hybridized carbons (Fsp3) is 0.348. The van der Waals surface area contributed by atoms with Crippen LogP contribution in [0.15, 0.2) is 42.5 Å². The molecule has 2 aromatic carbocycles. The van der Waals surface area contributed by atoms with Gasteiger partial charge in [-0.1, -0.05) is 12.1 Å². The highest BCUT2D eigenvalue weighted by atomic mass is 19.4. The molecular weight excluding hydrogens is 423 g/mol. The Morgan fingerprint density at radius 3 is 2.50 bits per heavy atom. The van der Waals surface area contributed by atoms with Gasteiger partial charge in [0.2, 0.25) is 17.7 Å². The summed E-state index contributed by atoms with van der Waals surface area (Å²) in [4.78, 5) is 40.1. The highest BCUT2D eigenvalue weighted by Crippen LogP contribution is 2.34. The van der Waals surface area contributed by atoms with E-state index in [-0.39, 0.29) is 37.2 Å². The van der Waals surface area contributed by atoms with E-state index in [0.29, 0.717) is 24.2 Å². The normalized spacial score (nSPS) is 18.1. The van der Waals surface area contributed by atoms with Gasteiger partial charge in [-0.3, -0.25) is 14.4 Å². The lowest BCUT2D eigenvalue weighted by molar-refractivity contribution is -0.137. The van der Waals surface area contributed by atoms with Crippen LogP contribution in [-0.4, -0.2) is 30.8 Å². The van der Waals surface area contributed by atoms with Crippen molar-refractivity contribution in [3.05, 3.63) is 59.2 Å². The Morgan fingerprint density at radius 1 is 1.12 bits per heavy atom. The molecule has 0 radical (unpaired) electrons. The third kappa shape index (κ3) is 4.32. The average Bonchev–Trinajstić information content (AvgIpc) is 3.34. The Bertz CT molecular complexity index is 1070. The van der Waals surface area contributed by atoms with E-state index in [4.69, 9.17) is 0 Å². The van der Waals surface area contributed by atoms with E-state index in [9.17, 15) is 27.6 Å². The number of fused-ring (bicyclic) bond motifs is 1. The predicted molar refractivity (Wildman–Crippen MR) is 112 cm³/mol. The van der Waals surface area contributed by atoms with Crippen LogP contribution in [0.3, 0.4) is 0 Å². The minimum absolute atomic E-state index is 0.0291. The van der Waals surface area contributed by atoms with Gasteiger partial charge in [-0.05, 0) is 47.9 Å². The topological polar surface area (TPSA) is 69.7 Å². The summed E-state index contributed by atoms with van der Waals surface area (Å²) in [6.45, 7) is 2.44. The Kier molecular flexibility index (Phi) is 5.66. The molecule has 3 amide bonds. The van der Waals surface area contributed by atoms with E-state index < -0.39 is 17.7 Å². The number of hydrogen-bond acceptors (Lipinski definition) is 3. The molecule has 1 atom stereocenters. The Morgan fingerprint density at radius 2 is 1.84 bits per heavy atom. The number of hydrogen-bond donors (Lipinski definition) is 1. The van der Waals surface area contributed by atoms with Gasteiger partial charge in [0.05, 0.1) is 11.5 Å². The molecular formula is C23H22F3N3O3. The zero-order chi connectivity index (χ0) is 23.0. The quantitative estimate of drug-likeness (QED) is 0.785. The first-order valence-corrected chi connectivity index (χ1v) is 10.3. The van der Waals surface area contributed by atoms with Crippen LogP contribution >= 0.6 is 0 Å². The van der Waals surface area contributed by atoms with Gasteiger partial charge in [0.25, 0.3) is 0 Å². The van der Waals surface area contributed by atoms with Gasteiger partial charge in [0.1, 0.15) is 0 Å². The second-order valence-corrected chi connectivity index (χ2v) is 8.05. The van der Waals surface area contributed by atoms with Crippen molar-refractivity contribution >= 4 is 29.1 Å². The summed E-state index contributed by atoms with van der Waals surface area (Å²) in [5.74, 6) is -1.05. The molecule has 9 heteroatoms. The average molecular weight is 445 g/mol. The van der Waals surface area contributed by atoms with Crippen molar-refractivity contribution in [1.29, 1.82) is 0 Å². The van der Waals surface area contributed by atoms with Crippen LogP contribution < -0.4 is 15.1 Å². The smallest absolute Gasteiger partial charge is 0.352 e. The number of anilines is 2. The number of amides is 3. The van der Waals surface area contributed by atoms with Crippen LogP contribution in [0.2, 0.25) is 0 Å². The molecule has 32 heavy (non-hydrogen) atoms. The lowest BCUT2D eigenvalue weighted by atomic mass is 10.1.